The van der Waals surface area contributed by atoms with Gasteiger partial charge in [0, 0.05) is 10.9 Å². The van der Waals surface area contributed by atoms with E-state index in [1.807, 2.05) is 24.3 Å². The second-order valence-electron chi connectivity index (χ2n) is 5.49. The van der Waals surface area contributed by atoms with Gasteiger partial charge < -0.3 is 15.1 Å². The monoisotopic (exact) mass is 410 g/mol. The molecular weight excluding hydrogens is 401 g/mol. The number of hydrogen-bond acceptors (Lipinski definition) is 4. The van der Waals surface area contributed by atoms with Gasteiger partial charge in [-0.05, 0) is 18.2 Å². The first-order valence-electron chi connectivity index (χ1n) is 7.59. The van der Waals surface area contributed by atoms with Gasteiger partial charge in [-0.2, -0.15) is 13.2 Å². The molecule has 3 heterocycles. The topological polar surface area (TPSA) is 112 Å². The zero-order valence-electron chi connectivity index (χ0n) is 13.7. The van der Waals surface area contributed by atoms with E-state index in [4.69, 9.17) is 21.5 Å². The number of halogens is 4. The van der Waals surface area contributed by atoms with Crippen LogP contribution in [0.4, 0.5) is 13.2 Å². The van der Waals surface area contributed by atoms with Crippen LogP contribution in [0.1, 0.15) is 0 Å². The molecule has 0 saturated carbocycles. The molecule has 0 unspecified atom stereocenters. The summed E-state index contributed by atoms with van der Waals surface area (Å²) in [6.07, 6.45) is -3.71. The van der Waals surface area contributed by atoms with Gasteiger partial charge in [-0.3, -0.25) is 4.79 Å². The number of fused-ring (bicyclic) bond motifs is 2. The molecule has 0 spiro atoms. The van der Waals surface area contributed by atoms with Crippen molar-refractivity contribution >= 4 is 39.5 Å². The maximum Gasteiger partial charge on any atom is 0.490 e. The minimum atomic E-state index is -5.08. The Balaban J connectivity index is 0.000000279. The van der Waals surface area contributed by atoms with Crippen LogP contribution in [0.3, 0.4) is 0 Å². The van der Waals surface area contributed by atoms with Crippen molar-refractivity contribution in [3.8, 4) is 11.3 Å². The number of alkyl halides is 3. The minimum Gasteiger partial charge on any atom is -0.475 e. The number of carbonyl (C=O) groups is 1. The summed E-state index contributed by atoms with van der Waals surface area (Å²) in [4.78, 5) is 34.9. The number of aliphatic carboxylic acids is 1. The lowest BCUT2D eigenvalue weighted by Crippen LogP contribution is -2.21. The molecule has 144 valence electrons. The molecule has 0 atom stereocenters. The van der Waals surface area contributed by atoms with E-state index in [9.17, 15) is 18.0 Å². The van der Waals surface area contributed by atoms with E-state index in [0.29, 0.717) is 16.2 Å². The van der Waals surface area contributed by atoms with Crippen LogP contribution < -0.4 is 5.56 Å². The Morgan fingerprint density at radius 1 is 1.18 bits per heavy atom. The molecule has 0 amide bonds. The molecule has 11 heteroatoms. The molecular formula is C17H10ClF3N4O3. The fraction of sp³-hybridized carbons (Fsp3) is 0.0588. The Labute approximate surface area is 158 Å². The first kappa shape index (κ1) is 19.4. The van der Waals surface area contributed by atoms with Crippen LogP contribution >= 0.6 is 11.6 Å². The quantitative estimate of drug-likeness (QED) is 0.414. The summed E-state index contributed by atoms with van der Waals surface area (Å²) in [6.45, 7) is 0. The van der Waals surface area contributed by atoms with Gasteiger partial charge in [0.1, 0.15) is 10.8 Å². The number of carboxylic acid groups (broad SMARTS) is 1. The van der Waals surface area contributed by atoms with Gasteiger partial charge in [0.25, 0.3) is 5.56 Å². The number of nitrogens with zero attached hydrogens (tertiary/aromatic N) is 2. The standard InChI is InChI=1S/C15H9ClN4O.C2HF3O2/c16-12-5-4-8-2-1-3-9(13(8)20-12)11-6-10-14(19-11)17-7-18-15(10)21;3-2(4,5)1(6)7/h1-7H,(H2,17,18,19,21);(H,6,7). The molecule has 3 N–H and O–H groups in total. The average molecular weight is 411 g/mol. The molecule has 0 radical (unpaired) electrons. The van der Waals surface area contributed by atoms with Crippen molar-refractivity contribution in [1.29, 1.82) is 0 Å². The van der Waals surface area contributed by atoms with Crippen LogP contribution in [-0.2, 0) is 4.79 Å². The fourth-order valence-electron chi connectivity index (χ4n) is 2.44. The molecule has 0 aliphatic carbocycles. The third-order valence-electron chi connectivity index (χ3n) is 3.65. The van der Waals surface area contributed by atoms with Crippen molar-refractivity contribution in [2.24, 2.45) is 0 Å². The minimum absolute atomic E-state index is 0.172. The van der Waals surface area contributed by atoms with Gasteiger partial charge >= 0.3 is 12.1 Å². The van der Waals surface area contributed by atoms with E-state index in [1.54, 1.807) is 12.1 Å². The highest BCUT2D eigenvalue weighted by atomic mass is 35.5. The van der Waals surface area contributed by atoms with E-state index >= 15 is 0 Å². The second-order valence-corrected chi connectivity index (χ2v) is 5.88. The first-order valence-corrected chi connectivity index (χ1v) is 7.97. The molecule has 0 saturated heterocycles. The molecule has 0 aliphatic heterocycles. The van der Waals surface area contributed by atoms with Crippen LogP contribution in [0, 0.1) is 0 Å². The Morgan fingerprint density at radius 2 is 1.89 bits per heavy atom. The van der Waals surface area contributed by atoms with Gasteiger partial charge in [-0.15, -0.1) is 0 Å². The van der Waals surface area contributed by atoms with Gasteiger partial charge in [0.05, 0.1) is 22.9 Å². The van der Waals surface area contributed by atoms with Crippen molar-refractivity contribution in [3.63, 3.8) is 0 Å². The molecule has 7 nitrogen and oxygen atoms in total. The van der Waals surface area contributed by atoms with Gasteiger partial charge in [-0.1, -0.05) is 29.8 Å². The number of rotatable bonds is 1. The first-order chi connectivity index (χ1) is 13.2. The summed E-state index contributed by atoms with van der Waals surface area (Å²) < 4.78 is 31.7. The van der Waals surface area contributed by atoms with E-state index in [-0.39, 0.29) is 5.56 Å². The predicted octanol–water partition coefficient (Wildman–Crippen LogP) is 3.75. The highest BCUT2D eigenvalue weighted by Crippen LogP contribution is 2.28. The molecule has 0 fully saturated rings. The molecule has 28 heavy (non-hydrogen) atoms. The molecule has 1 aromatic carbocycles. The summed E-state index contributed by atoms with van der Waals surface area (Å²) in [7, 11) is 0. The predicted molar refractivity (Wildman–Crippen MR) is 96.2 cm³/mol. The van der Waals surface area contributed by atoms with Crippen LogP contribution in [0.25, 0.3) is 33.2 Å². The van der Waals surface area contributed by atoms with Crippen molar-refractivity contribution in [2.75, 3.05) is 0 Å². The lowest BCUT2D eigenvalue weighted by molar-refractivity contribution is -0.192. The summed E-state index contributed by atoms with van der Waals surface area (Å²) >= 11 is 5.99. The van der Waals surface area contributed by atoms with E-state index in [1.165, 1.54) is 6.33 Å². The van der Waals surface area contributed by atoms with E-state index < -0.39 is 12.1 Å². The number of benzene rings is 1. The Bertz CT molecular complexity index is 1230. The largest absolute Gasteiger partial charge is 0.490 e. The number of carboxylic acids is 1. The van der Waals surface area contributed by atoms with Crippen LogP contribution in [0.2, 0.25) is 5.15 Å². The van der Waals surface area contributed by atoms with E-state index in [0.717, 1.165) is 22.2 Å². The van der Waals surface area contributed by atoms with E-state index in [2.05, 4.69) is 19.9 Å². The van der Waals surface area contributed by atoms with Gasteiger partial charge in [0.2, 0.25) is 0 Å². The SMILES string of the molecule is O=C(O)C(F)(F)F.O=c1[nH]cnc2[nH]c(-c3cccc4ccc(Cl)nc34)cc12. The Hall–Kier alpha value is -3.40. The normalized spacial score (nSPS) is 11.3. The molecule has 4 aromatic rings. The number of pyridine rings is 1. The van der Waals surface area contributed by atoms with Crippen molar-refractivity contribution < 1.29 is 23.1 Å². The summed E-state index contributed by atoms with van der Waals surface area (Å²) in [5.74, 6) is -2.76. The number of aromatic amines is 2. The molecule has 0 bridgehead atoms. The number of hydrogen-bond donors (Lipinski definition) is 3. The third-order valence-corrected chi connectivity index (χ3v) is 3.86. The third kappa shape index (κ3) is 3.96. The van der Waals surface area contributed by atoms with Crippen molar-refractivity contribution in [2.45, 2.75) is 6.18 Å². The lowest BCUT2D eigenvalue weighted by atomic mass is 10.1. The Kier molecular flexibility index (Phi) is 5.06. The smallest absolute Gasteiger partial charge is 0.475 e. The number of H-pyrrole nitrogens is 2. The molecule has 0 aliphatic rings. The van der Waals surface area contributed by atoms with Crippen molar-refractivity contribution in [1.82, 2.24) is 19.9 Å². The van der Waals surface area contributed by atoms with Gasteiger partial charge in [-0.25, -0.2) is 14.8 Å². The molecule has 4 rings (SSSR count). The lowest BCUT2D eigenvalue weighted by Gasteiger charge is -2.04. The van der Waals surface area contributed by atoms with Crippen LogP contribution in [0.15, 0.2) is 47.5 Å². The highest BCUT2D eigenvalue weighted by Gasteiger charge is 2.38. The van der Waals surface area contributed by atoms with Crippen LogP contribution in [-0.4, -0.2) is 37.2 Å². The Morgan fingerprint density at radius 3 is 2.54 bits per heavy atom. The second kappa shape index (κ2) is 7.31. The number of nitrogens with one attached hydrogen (secondary N) is 2. The summed E-state index contributed by atoms with van der Waals surface area (Å²) in [5.41, 5.74) is 2.83. The number of aromatic nitrogens is 4. The average Bonchev–Trinajstić information content (AvgIpc) is 3.06. The van der Waals surface area contributed by atoms with Crippen molar-refractivity contribution in [3.05, 3.63) is 58.2 Å². The fourth-order valence-corrected chi connectivity index (χ4v) is 2.58. The van der Waals surface area contributed by atoms with Crippen LogP contribution in [0.5, 0.6) is 0 Å². The zero-order valence-corrected chi connectivity index (χ0v) is 14.5. The highest BCUT2D eigenvalue weighted by molar-refractivity contribution is 6.29. The summed E-state index contributed by atoms with van der Waals surface area (Å²) in [6, 6.07) is 11.3. The molecule has 3 aromatic heterocycles. The maximum atomic E-state index is 11.8. The van der Waals surface area contributed by atoms with Gasteiger partial charge in [0.15, 0.2) is 0 Å². The number of para-hydroxylation sites is 1. The summed E-state index contributed by atoms with van der Waals surface area (Å²) in [5, 5.41) is 9.06. The zero-order chi connectivity index (χ0) is 20.5. The maximum absolute atomic E-state index is 11.8.